The van der Waals surface area contributed by atoms with E-state index in [1.54, 1.807) is 0 Å². The molecule has 78 valence electrons. The van der Waals surface area contributed by atoms with Crippen LogP contribution in [0.1, 0.15) is 19.4 Å². The first-order valence-electron chi connectivity index (χ1n) is 5.19. The van der Waals surface area contributed by atoms with Crippen LogP contribution in [0.3, 0.4) is 0 Å². The molecule has 0 aliphatic heterocycles. The highest BCUT2D eigenvalue weighted by atomic mass is 14.7. The summed E-state index contributed by atoms with van der Waals surface area (Å²) in [5.41, 5.74) is 2.39. The molecule has 1 aromatic rings. The molecule has 0 unspecified atom stereocenters. The van der Waals surface area contributed by atoms with E-state index in [0.29, 0.717) is 0 Å². The summed E-state index contributed by atoms with van der Waals surface area (Å²) in [6.45, 7) is 4.80. The molecule has 0 bridgehead atoms. The van der Waals surface area contributed by atoms with E-state index < -0.39 is 0 Å². The van der Waals surface area contributed by atoms with Crippen LogP contribution in [0.25, 0.3) is 0 Å². The Kier molecular flexibility index (Phi) is 5.16. The van der Waals surface area contributed by atoms with Crippen LogP contribution in [0, 0.1) is 0 Å². The van der Waals surface area contributed by atoms with Gasteiger partial charge in [-0.15, -0.1) is 0 Å². The van der Waals surface area contributed by atoms with Crippen molar-refractivity contribution < 1.29 is 0 Å². The molecule has 0 radical (unpaired) electrons. The van der Waals surface area contributed by atoms with Gasteiger partial charge in [-0.25, -0.2) is 0 Å². The molecular weight excluding hydrogens is 182 g/mol. The van der Waals surface area contributed by atoms with E-state index in [9.17, 15) is 0 Å². The number of nitrogens with zero attached hydrogens (tertiary/aromatic N) is 1. The third-order valence-corrected chi connectivity index (χ3v) is 2.07. The molecule has 0 aliphatic rings. The number of benzene rings is 1. The summed E-state index contributed by atoms with van der Waals surface area (Å²) in [6.07, 6.45) is 8.12. The van der Waals surface area contributed by atoms with Crippen LogP contribution < -0.4 is 0 Å². The summed E-state index contributed by atoms with van der Waals surface area (Å²) in [6, 6.07) is 10.1. The van der Waals surface area contributed by atoms with E-state index in [1.807, 2.05) is 44.3 Å². The first-order chi connectivity index (χ1) is 7.36. The summed E-state index contributed by atoms with van der Waals surface area (Å²) in [4.78, 5) is 4.39. The molecule has 0 fully saturated rings. The Morgan fingerprint density at radius 1 is 1.20 bits per heavy atom. The van der Waals surface area contributed by atoms with Gasteiger partial charge in [0.25, 0.3) is 0 Å². The average Bonchev–Trinajstić information content (AvgIpc) is 2.29. The highest BCUT2D eigenvalue weighted by molar-refractivity contribution is 5.79. The van der Waals surface area contributed by atoms with Crippen LogP contribution in [-0.2, 0) is 0 Å². The van der Waals surface area contributed by atoms with Crippen molar-refractivity contribution in [2.75, 3.05) is 6.54 Å². The summed E-state index contributed by atoms with van der Waals surface area (Å²) in [7, 11) is 0. The van der Waals surface area contributed by atoms with Crippen molar-refractivity contribution in [1.29, 1.82) is 0 Å². The minimum atomic E-state index is 0.746. The highest BCUT2D eigenvalue weighted by Crippen LogP contribution is 1.99. The highest BCUT2D eigenvalue weighted by Gasteiger charge is 1.87. The minimum Gasteiger partial charge on any atom is -0.288 e. The topological polar surface area (TPSA) is 12.4 Å². The average molecular weight is 199 g/mol. The van der Waals surface area contributed by atoms with E-state index in [-0.39, 0.29) is 0 Å². The van der Waals surface area contributed by atoms with E-state index in [4.69, 9.17) is 0 Å². The van der Waals surface area contributed by atoms with Gasteiger partial charge in [-0.1, -0.05) is 48.6 Å². The van der Waals surface area contributed by atoms with Gasteiger partial charge in [0.05, 0.1) is 6.54 Å². The van der Waals surface area contributed by atoms with Gasteiger partial charge in [-0.2, -0.15) is 0 Å². The van der Waals surface area contributed by atoms with Gasteiger partial charge in [0.1, 0.15) is 0 Å². The smallest absolute Gasteiger partial charge is 0.0636 e. The fourth-order valence-corrected chi connectivity index (χ4v) is 1.25. The van der Waals surface area contributed by atoms with E-state index in [0.717, 1.165) is 12.1 Å². The lowest BCUT2D eigenvalue weighted by Crippen LogP contribution is -1.86. The van der Waals surface area contributed by atoms with E-state index >= 15 is 0 Å². The van der Waals surface area contributed by atoms with Crippen molar-refractivity contribution in [3.63, 3.8) is 0 Å². The molecule has 0 aliphatic carbocycles. The van der Waals surface area contributed by atoms with Crippen LogP contribution in [0.15, 0.2) is 59.1 Å². The maximum absolute atomic E-state index is 4.39. The fraction of sp³-hybridized carbons (Fsp3) is 0.214. The van der Waals surface area contributed by atoms with Crippen LogP contribution >= 0.6 is 0 Å². The number of hydrogen-bond donors (Lipinski definition) is 0. The Morgan fingerprint density at radius 2 is 1.93 bits per heavy atom. The number of aliphatic imine (C=N–C) groups is 1. The third kappa shape index (κ3) is 4.41. The normalized spacial score (nSPS) is 12.8. The molecule has 0 aromatic heterocycles. The first kappa shape index (κ1) is 11.4. The Balaban J connectivity index is 2.53. The molecule has 0 heterocycles. The molecule has 0 saturated heterocycles. The molecule has 0 amide bonds. The molecule has 0 atom stereocenters. The molecule has 0 spiro atoms. The van der Waals surface area contributed by atoms with Crippen molar-refractivity contribution in [3.8, 4) is 0 Å². The van der Waals surface area contributed by atoms with Crippen molar-refractivity contribution in [1.82, 2.24) is 0 Å². The van der Waals surface area contributed by atoms with Gasteiger partial charge in [0.2, 0.25) is 0 Å². The first-order valence-corrected chi connectivity index (χ1v) is 5.19. The number of hydrogen-bond acceptors (Lipinski definition) is 1. The van der Waals surface area contributed by atoms with Gasteiger partial charge in [-0.3, -0.25) is 4.99 Å². The van der Waals surface area contributed by atoms with Crippen molar-refractivity contribution in [2.24, 2.45) is 4.99 Å². The second kappa shape index (κ2) is 6.77. The third-order valence-electron chi connectivity index (χ3n) is 2.07. The molecular formula is C14H17N. The van der Waals surface area contributed by atoms with Crippen LogP contribution in [0.4, 0.5) is 0 Å². The standard InChI is InChI=1S/C14H17N/c1-3-8-13(4-2)11-15-12-14-9-6-5-7-10-14/h3-10,12H,11H2,1-2H3. The Labute approximate surface area is 91.9 Å². The molecule has 1 rings (SSSR count). The maximum atomic E-state index is 4.39. The van der Waals surface area contributed by atoms with E-state index in [1.165, 1.54) is 5.57 Å². The molecule has 0 saturated carbocycles. The number of allylic oxidation sites excluding steroid dienone is 2. The van der Waals surface area contributed by atoms with Gasteiger partial charge in [0.15, 0.2) is 0 Å². The summed E-state index contributed by atoms with van der Waals surface area (Å²) >= 11 is 0. The zero-order chi connectivity index (χ0) is 10.9. The number of rotatable bonds is 4. The second-order valence-corrected chi connectivity index (χ2v) is 3.24. The maximum Gasteiger partial charge on any atom is 0.0636 e. The van der Waals surface area contributed by atoms with Gasteiger partial charge >= 0.3 is 0 Å². The molecule has 1 heteroatoms. The molecule has 1 aromatic carbocycles. The van der Waals surface area contributed by atoms with Gasteiger partial charge in [0, 0.05) is 6.21 Å². The van der Waals surface area contributed by atoms with Gasteiger partial charge in [-0.05, 0) is 25.0 Å². The van der Waals surface area contributed by atoms with Crippen molar-refractivity contribution in [2.45, 2.75) is 13.8 Å². The lowest BCUT2D eigenvalue weighted by atomic mass is 10.2. The largest absolute Gasteiger partial charge is 0.288 e. The molecule has 0 N–H and O–H groups in total. The van der Waals surface area contributed by atoms with Crippen molar-refractivity contribution >= 4 is 6.21 Å². The summed E-state index contributed by atoms with van der Waals surface area (Å²) < 4.78 is 0. The monoisotopic (exact) mass is 199 g/mol. The van der Waals surface area contributed by atoms with E-state index in [2.05, 4.69) is 29.3 Å². The zero-order valence-corrected chi connectivity index (χ0v) is 9.35. The minimum absolute atomic E-state index is 0.746. The fourth-order valence-electron chi connectivity index (χ4n) is 1.25. The van der Waals surface area contributed by atoms with Crippen LogP contribution in [-0.4, -0.2) is 12.8 Å². The predicted octanol–water partition coefficient (Wildman–Crippen LogP) is 3.63. The van der Waals surface area contributed by atoms with Crippen molar-refractivity contribution in [3.05, 3.63) is 59.7 Å². The Morgan fingerprint density at radius 3 is 2.53 bits per heavy atom. The van der Waals surface area contributed by atoms with Crippen LogP contribution in [0.5, 0.6) is 0 Å². The van der Waals surface area contributed by atoms with Gasteiger partial charge < -0.3 is 0 Å². The lowest BCUT2D eigenvalue weighted by molar-refractivity contribution is 1.18. The summed E-state index contributed by atoms with van der Waals surface area (Å²) in [5, 5.41) is 0. The lowest BCUT2D eigenvalue weighted by Gasteiger charge is -1.95. The predicted molar refractivity (Wildman–Crippen MR) is 67.5 cm³/mol. The Hall–Kier alpha value is -1.63. The molecule has 15 heavy (non-hydrogen) atoms. The molecule has 1 nitrogen and oxygen atoms in total. The quantitative estimate of drug-likeness (QED) is 0.518. The second-order valence-electron chi connectivity index (χ2n) is 3.24. The van der Waals surface area contributed by atoms with Crippen LogP contribution in [0.2, 0.25) is 0 Å². The Bertz CT molecular complexity index is 358. The zero-order valence-electron chi connectivity index (χ0n) is 9.35. The SMILES string of the molecule is CC=CC(=CC)CN=Cc1ccccc1. The summed E-state index contributed by atoms with van der Waals surface area (Å²) in [5.74, 6) is 0.